The summed E-state index contributed by atoms with van der Waals surface area (Å²) in [6.45, 7) is 9.10. The third-order valence-corrected chi connectivity index (χ3v) is 7.72. The standard InChI is InChI=1S/C32H33F3O2/c1-30(2)17-18-31(3,4)28-20-25(13-16-27(28)30)24(12-7-21-5-10-23(11-6-21)29(36)37)19-22-8-14-26(15-9-22)32(33,34)35/h5-16,20,24H,17-19H2,1-4H3,(H,36,37). The van der Waals surface area contributed by atoms with Crippen molar-refractivity contribution < 1.29 is 23.1 Å². The number of aromatic carboxylic acids is 1. The molecule has 0 amide bonds. The maximum atomic E-state index is 13.1. The Morgan fingerprint density at radius 2 is 1.49 bits per heavy atom. The van der Waals surface area contributed by atoms with E-state index < -0.39 is 17.7 Å². The highest BCUT2D eigenvalue weighted by molar-refractivity contribution is 5.87. The largest absolute Gasteiger partial charge is 0.478 e. The zero-order valence-corrected chi connectivity index (χ0v) is 21.7. The molecule has 1 N–H and O–H groups in total. The third-order valence-electron chi connectivity index (χ3n) is 7.72. The molecule has 1 aliphatic rings. The van der Waals surface area contributed by atoms with Crippen molar-refractivity contribution in [2.75, 3.05) is 0 Å². The SMILES string of the molecule is CC1(C)CCC(C)(C)c2cc(C(C=Cc3ccc(C(=O)O)cc3)Cc3ccc(C(F)(F)F)cc3)ccc21. The molecule has 1 aliphatic carbocycles. The van der Waals surface area contributed by atoms with E-state index in [1.165, 1.54) is 11.1 Å². The molecule has 194 valence electrons. The van der Waals surface area contributed by atoms with E-state index in [4.69, 9.17) is 5.11 Å². The van der Waals surface area contributed by atoms with Gasteiger partial charge in [-0.05, 0) is 82.2 Å². The average Bonchev–Trinajstić information content (AvgIpc) is 2.84. The topological polar surface area (TPSA) is 37.3 Å². The number of halogens is 3. The van der Waals surface area contributed by atoms with Crippen LogP contribution in [-0.2, 0) is 23.4 Å². The summed E-state index contributed by atoms with van der Waals surface area (Å²) in [5.74, 6) is -1.04. The molecule has 37 heavy (non-hydrogen) atoms. The zero-order chi connectivity index (χ0) is 27.0. The summed E-state index contributed by atoms with van der Waals surface area (Å²) in [6.07, 6.45) is 2.41. The fraction of sp³-hybridized carbons (Fsp3) is 0.344. The van der Waals surface area contributed by atoms with E-state index in [9.17, 15) is 18.0 Å². The van der Waals surface area contributed by atoms with Crippen LogP contribution >= 0.6 is 0 Å². The van der Waals surface area contributed by atoms with Crippen molar-refractivity contribution in [1.82, 2.24) is 0 Å². The van der Waals surface area contributed by atoms with Crippen molar-refractivity contribution in [3.05, 3.63) is 112 Å². The molecule has 3 aromatic carbocycles. The first-order chi connectivity index (χ1) is 17.3. The molecule has 0 bridgehead atoms. The zero-order valence-electron chi connectivity index (χ0n) is 21.7. The van der Waals surface area contributed by atoms with E-state index >= 15 is 0 Å². The first-order valence-electron chi connectivity index (χ1n) is 12.6. The van der Waals surface area contributed by atoms with Gasteiger partial charge in [0.1, 0.15) is 0 Å². The number of alkyl halides is 3. The van der Waals surface area contributed by atoms with Crippen LogP contribution in [0.2, 0.25) is 0 Å². The molecular formula is C32H33F3O2. The molecule has 4 rings (SSSR count). The van der Waals surface area contributed by atoms with Crippen LogP contribution in [0, 0.1) is 0 Å². The molecule has 0 spiro atoms. The summed E-state index contributed by atoms with van der Waals surface area (Å²) in [6, 6.07) is 18.7. The minimum atomic E-state index is -4.36. The lowest BCUT2D eigenvalue weighted by Crippen LogP contribution is -2.34. The number of fused-ring (bicyclic) bond motifs is 1. The molecule has 0 heterocycles. The van der Waals surface area contributed by atoms with Crippen molar-refractivity contribution in [1.29, 1.82) is 0 Å². The van der Waals surface area contributed by atoms with Crippen molar-refractivity contribution in [2.24, 2.45) is 0 Å². The third kappa shape index (κ3) is 5.98. The van der Waals surface area contributed by atoms with Gasteiger partial charge in [0, 0.05) is 5.92 Å². The minimum Gasteiger partial charge on any atom is -0.478 e. The summed E-state index contributed by atoms with van der Waals surface area (Å²) < 4.78 is 39.2. The lowest BCUT2D eigenvalue weighted by molar-refractivity contribution is -0.137. The molecule has 1 unspecified atom stereocenters. The van der Waals surface area contributed by atoms with Gasteiger partial charge in [-0.15, -0.1) is 0 Å². The lowest BCUT2D eigenvalue weighted by atomic mass is 9.62. The van der Waals surface area contributed by atoms with E-state index in [-0.39, 0.29) is 22.3 Å². The molecule has 5 heteroatoms. The van der Waals surface area contributed by atoms with Crippen molar-refractivity contribution in [3.63, 3.8) is 0 Å². The maximum absolute atomic E-state index is 13.1. The van der Waals surface area contributed by atoms with Crippen LogP contribution in [-0.4, -0.2) is 11.1 Å². The van der Waals surface area contributed by atoms with E-state index in [0.717, 1.165) is 41.7 Å². The summed E-state index contributed by atoms with van der Waals surface area (Å²) in [4.78, 5) is 11.2. The van der Waals surface area contributed by atoms with E-state index in [1.807, 2.05) is 6.08 Å². The van der Waals surface area contributed by atoms with Gasteiger partial charge in [0.15, 0.2) is 0 Å². The van der Waals surface area contributed by atoms with Gasteiger partial charge in [0.2, 0.25) is 0 Å². The smallest absolute Gasteiger partial charge is 0.416 e. The second-order valence-corrected chi connectivity index (χ2v) is 11.4. The van der Waals surface area contributed by atoms with Gasteiger partial charge in [-0.2, -0.15) is 13.2 Å². The van der Waals surface area contributed by atoms with Crippen molar-refractivity contribution in [3.8, 4) is 0 Å². The number of carbonyl (C=O) groups is 1. The number of carboxylic acid groups (broad SMARTS) is 1. The second-order valence-electron chi connectivity index (χ2n) is 11.4. The number of benzene rings is 3. The van der Waals surface area contributed by atoms with Gasteiger partial charge in [0.05, 0.1) is 11.1 Å². The quantitative estimate of drug-likeness (QED) is 0.363. The minimum absolute atomic E-state index is 0.0378. The fourth-order valence-corrected chi connectivity index (χ4v) is 5.18. The van der Waals surface area contributed by atoms with Crippen molar-refractivity contribution in [2.45, 2.75) is 69.9 Å². The number of hydrogen-bond acceptors (Lipinski definition) is 1. The summed E-state index contributed by atoms with van der Waals surface area (Å²) in [5, 5.41) is 9.16. The van der Waals surface area contributed by atoms with Gasteiger partial charge in [0.25, 0.3) is 0 Å². The molecule has 2 nitrogen and oxygen atoms in total. The van der Waals surface area contributed by atoms with Crippen LogP contribution in [0.25, 0.3) is 6.08 Å². The van der Waals surface area contributed by atoms with Crippen LogP contribution in [0.4, 0.5) is 13.2 Å². The maximum Gasteiger partial charge on any atom is 0.416 e. The first kappa shape index (κ1) is 26.7. The van der Waals surface area contributed by atoms with E-state index in [2.05, 4.69) is 52.0 Å². The van der Waals surface area contributed by atoms with Gasteiger partial charge >= 0.3 is 12.1 Å². The molecule has 0 saturated heterocycles. The second kappa shape index (κ2) is 9.85. The fourth-order valence-electron chi connectivity index (χ4n) is 5.18. The summed E-state index contributed by atoms with van der Waals surface area (Å²) >= 11 is 0. The number of allylic oxidation sites excluding steroid dienone is 1. The highest BCUT2D eigenvalue weighted by atomic mass is 19.4. The Kier molecular flexibility index (Phi) is 7.11. The number of hydrogen-bond donors (Lipinski definition) is 1. The highest BCUT2D eigenvalue weighted by Crippen LogP contribution is 2.46. The predicted octanol–water partition coefficient (Wildman–Crippen LogP) is 8.79. The summed E-state index contributed by atoms with van der Waals surface area (Å²) in [7, 11) is 0. The normalized spacial score (nSPS) is 17.4. The Bertz CT molecular complexity index is 1300. The van der Waals surface area contributed by atoms with E-state index in [1.54, 1.807) is 36.4 Å². The lowest BCUT2D eigenvalue weighted by Gasteiger charge is -2.42. The van der Waals surface area contributed by atoms with Crippen LogP contribution < -0.4 is 0 Å². The molecule has 0 saturated carbocycles. The number of rotatable bonds is 6. The molecule has 3 aromatic rings. The van der Waals surface area contributed by atoms with E-state index in [0.29, 0.717) is 6.42 Å². The first-order valence-corrected chi connectivity index (χ1v) is 12.6. The number of carboxylic acids is 1. The Balaban J connectivity index is 1.71. The molecule has 0 aliphatic heterocycles. The van der Waals surface area contributed by atoms with Crippen LogP contribution in [0.3, 0.4) is 0 Å². The Labute approximate surface area is 216 Å². The molecule has 0 aromatic heterocycles. The molecular weight excluding hydrogens is 473 g/mol. The Hall–Kier alpha value is -3.34. The molecule has 0 radical (unpaired) electrons. The van der Waals surface area contributed by atoms with Crippen LogP contribution in [0.5, 0.6) is 0 Å². The summed E-state index contributed by atoms with van der Waals surface area (Å²) in [5.41, 5.74) is 5.18. The predicted molar refractivity (Wildman–Crippen MR) is 142 cm³/mol. The van der Waals surface area contributed by atoms with Gasteiger partial charge in [-0.25, -0.2) is 4.79 Å². The monoisotopic (exact) mass is 506 g/mol. The molecule has 1 atom stereocenters. The Morgan fingerprint density at radius 1 is 0.892 bits per heavy atom. The van der Waals surface area contributed by atoms with Gasteiger partial charge in [-0.1, -0.05) is 82.3 Å². The van der Waals surface area contributed by atoms with Crippen molar-refractivity contribution >= 4 is 12.0 Å². The average molecular weight is 507 g/mol. The Morgan fingerprint density at radius 3 is 2.05 bits per heavy atom. The molecule has 0 fully saturated rings. The van der Waals surface area contributed by atoms with Gasteiger partial charge in [-0.3, -0.25) is 0 Å². The van der Waals surface area contributed by atoms with Gasteiger partial charge < -0.3 is 5.11 Å². The highest BCUT2D eigenvalue weighted by Gasteiger charge is 2.37. The van der Waals surface area contributed by atoms with Crippen LogP contribution in [0.1, 0.15) is 90.2 Å². The van der Waals surface area contributed by atoms with Crippen LogP contribution in [0.15, 0.2) is 72.8 Å².